The number of aromatic nitrogens is 1. The van der Waals surface area contributed by atoms with Crippen LogP contribution in [-0.4, -0.2) is 48.0 Å². The lowest BCUT2D eigenvalue weighted by molar-refractivity contribution is -0.120. The molecular formula is C18H21FN4O. The van der Waals surface area contributed by atoms with E-state index in [0.29, 0.717) is 0 Å². The maximum absolute atomic E-state index is 13.7. The molecule has 0 spiro atoms. The summed E-state index contributed by atoms with van der Waals surface area (Å²) in [6.45, 7) is 5.01. The Morgan fingerprint density at radius 2 is 1.83 bits per heavy atom. The topological polar surface area (TPSA) is 48.5 Å². The van der Waals surface area contributed by atoms with Gasteiger partial charge < -0.3 is 10.2 Å². The molecule has 6 heteroatoms. The molecule has 2 heterocycles. The second-order valence-electron chi connectivity index (χ2n) is 5.86. The number of anilines is 2. The molecule has 0 unspecified atom stereocenters. The summed E-state index contributed by atoms with van der Waals surface area (Å²) in [4.78, 5) is 21.0. The second-order valence-corrected chi connectivity index (χ2v) is 5.86. The van der Waals surface area contributed by atoms with Crippen LogP contribution in [-0.2, 0) is 4.79 Å². The van der Waals surface area contributed by atoms with Crippen molar-refractivity contribution in [3.8, 4) is 0 Å². The van der Waals surface area contributed by atoms with Gasteiger partial charge in [-0.05, 0) is 31.2 Å². The molecule has 0 saturated carbocycles. The zero-order chi connectivity index (χ0) is 16.9. The minimum atomic E-state index is -0.418. The molecular weight excluding hydrogens is 307 g/mol. The van der Waals surface area contributed by atoms with Crippen molar-refractivity contribution >= 4 is 17.4 Å². The summed E-state index contributed by atoms with van der Waals surface area (Å²) in [6.07, 6.45) is 1.78. The van der Waals surface area contributed by atoms with E-state index in [0.717, 1.165) is 32.0 Å². The predicted molar refractivity (Wildman–Crippen MR) is 92.5 cm³/mol. The smallest absolute Gasteiger partial charge is 0.241 e. The monoisotopic (exact) mass is 328 g/mol. The molecule has 3 rings (SSSR count). The Bertz CT molecular complexity index is 686. The number of piperazine rings is 1. The molecule has 1 amide bonds. The lowest BCUT2D eigenvalue weighted by Gasteiger charge is -2.37. The van der Waals surface area contributed by atoms with Crippen LogP contribution >= 0.6 is 0 Å². The quantitative estimate of drug-likeness (QED) is 0.936. The fourth-order valence-corrected chi connectivity index (χ4v) is 2.84. The predicted octanol–water partition coefficient (Wildman–Crippen LogP) is 2.37. The molecule has 1 atom stereocenters. The zero-order valence-corrected chi connectivity index (χ0v) is 13.7. The third kappa shape index (κ3) is 3.71. The van der Waals surface area contributed by atoms with E-state index < -0.39 is 5.82 Å². The highest BCUT2D eigenvalue weighted by Crippen LogP contribution is 2.16. The second kappa shape index (κ2) is 7.40. The van der Waals surface area contributed by atoms with Crippen molar-refractivity contribution in [1.29, 1.82) is 0 Å². The van der Waals surface area contributed by atoms with Crippen LogP contribution in [0.5, 0.6) is 0 Å². The standard InChI is InChI=1S/C18H21FN4O/c1-14(18(24)21-16-7-3-2-6-15(16)19)22-10-12-23(13-11-22)17-8-4-5-9-20-17/h2-9,14H,10-13H2,1H3,(H,21,24)/t14-/m0/s1. The van der Waals surface area contributed by atoms with Crippen LogP contribution < -0.4 is 10.2 Å². The van der Waals surface area contributed by atoms with E-state index in [-0.39, 0.29) is 17.6 Å². The Kier molecular flexibility index (Phi) is 5.05. The minimum absolute atomic E-state index is 0.189. The molecule has 0 bridgehead atoms. The molecule has 0 radical (unpaired) electrons. The average Bonchev–Trinajstić information content (AvgIpc) is 2.64. The molecule has 5 nitrogen and oxygen atoms in total. The maximum Gasteiger partial charge on any atom is 0.241 e. The van der Waals surface area contributed by atoms with Crippen molar-refractivity contribution in [3.05, 3.63) is 54.5 Å². The van der Waals surface area contributed by atoms with Crippen LogP contribution in [0.4, 0.5) is 15.9 Å². The van der Waals surface area contributed by atoms with Gasteiger partial charge in [0.05, 0.1) is 11.7 Å². The van der Waals surface area contributed by atoms with Gasteiger partial charge in [-0.1, -0.05) is 18.2 Å². The SMILES string of the molecule is C[C@@H](C(=O)Nc1ccccc1F)N1CCN(c2ccccn2)CC1. The zero-order valence-electron chi connectivity index (χ0n) is 13.7. The molecule has 1 aromatic carbocycles. The number of hydrogen-bond donors (Lipinski definition) is 1. The van der Waals surface area contributed by atoms with Gasteiger partial charge in [0.25, 0.3) is 0 Å². The van der Waals surface area contributed by atoms with Gasteiger partial charge in [-0.2, -0.15) is 0 Å². The summed E-state index contributed by atoms with van der Waals surface area (Å²) in [6, 6.07) is 11.8. The van der Waals surface area contributed by atoms with Gasteiger partial charge >= 0.3 is 0 Å². The summed E-state index contributed by atoms with van der Waals surface area (Å²) in [5.41, 5.74) is 0.224. The fraction of sp³-hybridized carbons (Fsp3) is 0.333. The van der Waals surface area contributed by atoms with E-state index >= 15 is 0 Å². The van der Waals surface area contributed by atoms with Crippen LogP contribution in [0.1, 0.15) is 6.92 Å². The average molecular weight is 328 g/mol. The number of carbonyl (C=O) groups excluding carboxylic acids is 1. The number of carbonyl (C=O) groups is 1. The molecule has 1 aromatic heterocycles. The van der Waals surface area contributed by atoms with Crippen LogP contribution in [0.3, 0.4) is 0 Å². The lowest BCUT2D eigenvalue weighted by atomic mass is 10.2. The highest BCUT2D eigenvalue weighted by atomic mass is 19.1. The Morgan fingerprint density at radius 3 is 2.50 bits per heavy atom. The molecule has 1 saturated heterocycles. The highest BCUT2D eigenvalue weighted by Gasteiger charge is 2.26. The van der Waals surface area contributed by atoms with Gasteiger partial charge in [0.15, 0.2) is 0 Å². The summed E-state index contributed by atoms with van der Waals surface area (Å²) < 4.78 is 13.7. The molecule has 1 aliphatic rings. The third-order valence-corrected chi connectivity index (χ3v) is 4.35. The molecule has 0 aliphatic carbocycles. The van der Waals surface area contributed by atoms with E-state index in [1.807, 2.05) is 25.1 Å². The van der Waals surface area contributed by atoms with Crippen molar-refractivity contribution < 1.29 is 9.18 Å². The first-order chi connectivity index (χ1) is 11.6. The first-order valence-electron chi connectivity index (χ1n) is 8.10. The lowest BCUT2D eigenvalue weighted by Crippen LogP contribution is -2.53. The number of halogens is 1. The molecule has 126 valence electrons. The highest BCUT2D eigenvalue weighted by molar-refractivity contribution is 5.94. The summed E-state index contributed by atoms with van der Waals surface area (Å²) >= 11 is 0. The number of nitrogens with one attached hydrogen (secondary N) is 1. The van der Waals surface area contributed by atoms with Crippen LogP contribution in [0.25, 0.3) is 0 Å². The Hall–Kier alpha value is -2.47. The van der Waals surface area contributed by atoms with Gasteiger partial charge in [0.1, 0.15) is 11.6 Å². The summed E-state index contributed by atoms with van der Waals surface area (Å²) in [5.74, 6) is 0.352. The Balaban J connectivity index is 1.56. The van der Waals surface area contributed by atoms with Crippen molar-refractivity contribution in [2.45, 2.75) is 13.0 Å². The van der Waals surface area contributed by atoms with E-state index in [1.54, 1.807) is 24.4 Å². The number of hydrogen-bond acceptors (Lipinski definition) is 4. The third-order valence-electron chi connectivity index (χ3n) is 4.35. The number of pyridine rings is 1. The Morgan fingerprint density at radius 1 is 1.12 bits per heavy atom. The first-order valence-corrected chi connectivity index (χ1v) is 8.10. The van der Waals surface area contributed by atoms with Gasteiger partial charge in [0, 0.05) is 32.4 Å². The first kappa shape index (κ1) is 16.4. The van der Waals surface area contributed by atoms with Gasteiger partial charge in [-0.3, -0.25) is 9.69 Å². The maximum atomic E-state index is 13.7. The van der Waals surface area contributed by atoms with Crippen LogP contribution in [0.15, 0.2) is 48.7 Å². The number of rotatable bonds is 4. The van der Waals surface area contributed by atoms with Crippen LogP contribution in [0, 0.1) is 5.82 Å². The van der Waals surface area contributed by atoms with Crippen molar-refractivity contribution in [2.75, 3.05) is 36.4 Å². The summed E-state index contributed by atoms with van der Waals surface area (Å²) in [5, 5.41) is 2.67. The molecule has 1 aliphatic heterocycles. The van der Waals surface area contributed by atoms with Crippen molar-refractivity contribution in [3.63, 3.8) is 0 Å². The fourth-order valence-electron chi connectivity index (χ4n) is 2.84. The van der Waals surface area contributed by atoms with Crippen LogP contribution in [0.2, 0.25) is 0 Å². The minimum Gasteiger partial charge on any atom is -0.354 e. The van der Waals surface area contributed by atoms with Gasteiger partial charge in [-0.15, -0.1) is 0 Å². The van der Waals surface area contributed by atoms with E-state index in [2.05, 4.69) is 20.1 Å². The molecule has 1 N–H and O–H groups in total. The van der Waals surface area contributed by atoms with Gasteiger partial charge in [0.2, 0.25) is 5.91 Å². The van der Waals surface area contributed by atoms with Crippen molar-refractivity contribution in [1.82, 2.24) is 9.88 Å². The number of para-hydroxylation sites is 1. The van der Waals surface area contributed by atoms with E-state index in [4.69, 9.17) is 0 Å². The van der Waals surface area contributed by atoms with Crippen molar-refractivity contribution in [2.24, 2.45) is 0 Å². The summed E-state index contributed by atoms with van der Waals surface area (Å²) in [7, 11) is 0. The van der Waals surface area contributed by atoms with E-state index in [1.165, 1.54) is 6.07 Å². The number of benzene rings is 1. The largest absolute Gasteiger partial charge is 0.354 e. The number of nitrogens with zero attached hydrogens (tertiary/aromatic N) is 3. The normalized spacial score (nSPS) is 16.7. The molecule has 24 heavy (non-hydrogen) atoms. The van der Waals surface area contributed by atoms with E-state index in [9.17, 15) is 9.18 Å². The number of amides is 1. The molecule has 2 aromatic rings. The van der Waals surface area contributed by atoms with Gasteiger partial charge in [-0.25, -0.2) is 9.37 Å². The Labute approximate surface area is 141 Å². The molecule has 1 fully saturated rings.